The minimum atomic E-state index is -4.70. The highest BCUT2D eigenvalue weighted by atomic mass is 35.5. The summed E-state index contributed by atoms with van der Waals surface area (Å²) in [7, 11) is -3.96. The molecule has 0 N–H and O–H groups in total. The second kappa shape index (κ2) is 7.45. The van der Waals surface area contributed by atoms with Gasteiger partial charge in [0.1, 0.15) is 0 Å². The molecule has 0 aliphatic carbocycles. The van der Waals surface area contributed by atoms with E-state index in [2.05, 4.69) is 0 Å². The van der Waals surface area contributed by atoms with E-state index in [4.69, 9.17) is 20.6 Å². The van der Waals surface area contributed by atoms with Gasteiger partial charge in [-0.25, -0.2) is 0 Å². The normalized spacial score (nSPS) is 13.5. The Hall–Kier alpha value is -0.810. The first-order valence-electron chi connectivity index (χ1n) is 6.16. The average Bonchev–Trinajstić information content (AvgIpc) is 2.37. The zero-order valence-corrected chi connectivity index (χ0v) is 13.1. The van der Waals surface area contributed by atoms with Crippen molar-refractivity contribution in [2.45, 2.75) is 20.0 Å². The molecule has 0 fully saturated rings. The number of alkyl halides is 3. The maximum absolute atomic E-state index is 13.2. The number of rotatable bonds is 6. The molecule has 1 aromatic rings. The van der Waals surface area contributed by atoms with E-state index >= 15 is 0 Å². The zero-order valence-electron chi connectivity index (χ0n) is 11.5. The van der Waals surface area contributed by atoms with Gasteiger partial charge in [0.2, 0.25) is 0 Å². The zero-order chi connectivity index (χ0) is 16.1. The largest absolute Gasteiger partial charge is 0.417 e. The fraction of sp³-hybridized carbons (Fsp3) is 0.385. The first-order valence-corrected chi connectivity index (χ1v) is 8.15. The molecule has 0 bridgehead atoms. The predicted molar refractivity (Wildman–Crippen MR) is 76.3 cm³/mol. The van der Waals surface area contributed by atoms with Gasteiger partial charge in [-0.1, -0.05) is 23.7 Å². The molecule has 0 atom stereocenters. The molecule has 21 heavy (non-hydrogen) atoms. The van der Waals surface area contributed by atoms with E-state index in [0.29, 0.717) is 10.8 Å². The van der Waals surface area contributed by atoms with E-state index in [-0.39, 0.29) is 18.8 Å². The number of hydrogen-bond donors (Lipinski definition) is 0. The molecular weight excluding hydrogens is 328 g/mol. The van der Waals surface area contributed by atoms with Crippen LogP contribution in [0.3, 0.4) is 0 Å². The van der Waals surface area contributed by atoms with Crippen LogP contribution in [0, 0.1) is 0 Å². The highest BCUT2D eigenvalue weighted by molar-refractivity contribution is 7.57. The van der Waals surface area contributed by atoms with Crippen LogP contribution in [0.1, 0.15) is 19.4 Å². The van der Waals surface area contributed by atoms with Crippen molar-refractivity contribution in [3.63, 3.8) is 0 Å². The van der Waals surface area contributed by atoms with E-state index in [1.807, 2.05) is 0 Å². The fourth-order valence-electron chi connectivity index (χ4n) is 1.57. The van der Waals surface area contributed by atoms with Crippen molar-refractivity contribution in [3.8, 4) is 0 Å². The molecule has 1 rings (SSSR count). The molecule has 0 aromatic heterocycles. The van der Waals surface area contributed by atoms with Gasteiger partial charge in [0, 0.05) is 10.8 Å². The fourth-order valence-corrected chi connectivity index (χ4v) is 3.25. The summed E-state index contributed by atoms with van der Waals surface area (Å²) < 4.78 is 61.6. The van der Waals surface area contributed by atoms with Gasteiger partial charge in [-0.15, -0.1) is 0 Å². The Morgan fingerprint density at radius 2 is 1.67 bits per heavy atom. The van der Waals surface area contributed by atoms with Crippen LogP contribution in [0.4, 0.5) is 13.2 Å². The van der Waals surface area contributed by atoms with Crippen LogP contribution >= 0.6 is 19.2 Å². The molecule has 0 heterocycles. The minimum absolute atomic E-state index is 0.0282. The molecule has 0 aliphatic rings. The van der Waals surface area contributed by atoms with E-state index in [1.165, 1.54) is 38.1 Å². The van der Waals surface area contributed by atoms with Gasteiger partial charge in [0.15, 0.2) is 0 Å². The van der Waals surface area contributed by atoms with Crippen molar-refractivity contribution in [1.29, 1.82) is 0 Å². The molecule has 0 radical (unpaired) electrons. The molecule has 3 nitrogen and oxygen atoms in total. The Bertz CT molecular complexity index is 531. The first kappa shape index (κ1) is 18.2. The van der Waals surface area contributed by atoms with E-state index in [9.17, 15) is 17.7 Å². The number of allylic oxidation sites excluding steroid dienone is 1. The molecular formula is C13H15ClF3O3P. The van der Waals surface area contributed by atoms with Crippen molar-refractivity contribution < 1.29 is 26.8 Å². The van der Waals surface area contributed by atoms with Crippen LogP contribution in [-0.2, 0) is 13.6 Å². The molecule has 0 saturated heterocycles. The molecule has 0 spiro atoms. The van der Waals surface area contributed by atoms with Crippen LogP contribution in [0.15, 0.2) is 30.1 Å². The first-order chi connectivity index (χ1) is 9.72. The Kier molecular flexibility index (Phi) is 6.47. The number of halogens is 4. The van der Waals surface area contributed by atoms with Gasteiger partial charge in [0.05, 0.1) is 18.8 Å². The number of benzene rings is 1. The molecule has 0 saturated carbocycles. The van der Waals surface area contributed by atoms with Gasteiger partial charge in [-0.3, -0.25) is 4.57 Å². The van der Waals surface area contributed by atoms with Crippen LogP contribution < -0.4 is 0 Å². The second-order valence-electron chi connectivity index (χ2n) is 3.92. The molecule has 118 valence electrons. The lowest BCUT2D eigenvalue weighted by Crippen LogP contribution is -2.11. The summed E-state index contributed by atoms with van der Waals surface area (Å²) in [6.45, 7) is 2.99. The third kappa shape index (κ3) is 5.47. The van der Waals surface area contributed by atoms with E-state index in [1.54, 1.807) is 0 Å². The van der Waals surface area contributed by atoms with Crippen molar-refractivity contribution >= 4 is 24.8 Å². The third-order valence-electron chi connectivity index (χ3n) is 2.37. The standard InChI is InChI=1S/C13H15ClF3O3P/c1-3-19-21(18,20-4-2)9-12(13(15,16)17)10-5-7-11(14)8-6-10/h5-9H,3-4H2,1-2H3. The minimum Gasteiger partial charge on any atom is -0.306 e. The van der Waals surface area contributed by atoms with Crippen LogP contribution in [0.25, 0.3) is 5.57 Å². The van der Waals surface area contributed by atoms with Gasteiger partial charge in [-0.05, 0) is 31.5 Å². The summed E-state index contributed by atoms with van der Waals surface area (Å²) in [4.78, 5) is 0. The molecule has 0 unspecified atom stereocenters. The van der Waals surface area contributed by atoms with Gasteiger partial charge in [0.25, 0.3) is 0 Å². The van der Waals surface area contributed by atoms with E-state index in [0.717, 1.165) is 0 Å². The second-order valence-corrected chi connectivity index (χ2v) is 6.21. The molecule has 1 aromatic carbocycles. The van der Waals surface area contributed by atoms with E-state index < -0.39 is 19.3 Å². The highest BCUT2D eigenvalue weighted by Gasteiger charge is 2.38. The van der Waals surface area contributed by atoms with Crippen LogP contribution in [0.5, 0.6) is 0 Å². The van der Waals surface area contributed by atoms with Crippen LogP contribution in [-0.4, -0.2) is 19.4 Å². The summed E-state index contributed by atoms with van der Waals surface area (Å²) in [6, 6.07) is 5.04. The van der Waals surface area contributed by atoms with Crippen molar-refractivity contribution in [3.05, 3.63) is 40.7 Å². The summed E-state index contributed by atoms with van der Waals surface area (Å²) in [6.07, 6.45) is -4.70. The lowest BCUT2D eigenvalue weighted by Gasteiger charge is -2.17. The van der Waals surface area contributed by atoms with Gasteiger partial charge in [-0.2, -0.15) is 13.2 Å². The smallest absolute Gasteiger partial charge is 0.306 e. The average molecular weight is 343 g/mol. The topological polar surface area (TPSA) is 35.5 Å². The molecule has 0 amide bonds. The Morgan fingerprint density at radius 3 is 2.05 bits per heavy atom. The molecule has 8 heteroatoms. The summed E-state index contributed by atoms with van der Waals surface area (Å²) in [5.74, 6) is 0.517. The monoisotopic (exact) mass is 342 g/mol. The van der Waals surface area contributed by atoms with Crippen molar-refractivity contribution in [2.24, 2.45) is 0 Å². The van der Waals surface area contributed by atoms with Crippen LogP contribution in [0.2, 0.25) is 5.02 Å². The Balaban J connectivity index is 3.33. The summed E-state index contributed by atoms with van der Waals surface area (Å²) in [5.41, 5.74) is -1.24. The van der Waals surface area contributed by atoms with Crippen molar-refractivity contribution in [1.82, 2.24) is 0 Å². The Morgan fingerprint density at radius 1 is 1.19 bits per heavy atom. The summed E-state index contributed by atoms with van der Waals surface area (Å²) >= 11 is 5.66. The maximum Gasteiger partial charge on any atom is 0.417 e. The van der Waals surface area contributed by atoms with Crippen molar-refractivity contribution in [2.75, 3.05) is 13.2 Å². The summed E-state index contributed by atoms with van der Waals surface area (Å²) in [5, 5.41) is 0.304. The predicted octanol–water partition coefficient (Wildman–Crippen LogP) is 5.51. The lowest BCUT2D eigenvalue weighted by atomic mass is 10.1. The number of hydrogen-bond acceptors (Lipinski definition) is 3. The third-order valence-corrected chi connectivity index (χ3v) is 4.43. The SMILES string of the molecule is CCOP(=O)(C=C(c1ccc(Cl)cc1)C(F)(F)F)OCC. The quantitative estimate of drug-likeness (QED) is 0.639. The maximum atomic E-state index is 13.2. The van der Waals surface area contributed by atoms with Gasteiger partial charge >= 0.3 is 13.8 Å². The molecule has 0 aliphatic heterocycles. The van der Waals surface area contributed by atoms with Gasteiger partial charge < -0.3 is 9.05 Å². The lowest BCUT2D eigenvalue weighted by molar-refractivity contribution is -0.0689. The highest BCUT2D eigenvalue weighted by Crippen LogP contribution is 2.53. The Labute approximate surface area is 126 Å².